The third-order valence-electron chi connectivity index (χ3n) is 11.0. The van der Waals surface area contributed by atoms with E-state index in [0.717, 1.165) is 34.1 Å². The van der Waals surface area contributed by atoms with Gasteiger partial charge in [-0.2, -0.15) is 0 Å². The third-order valence-corrected chi connectivity index (χ3v) is 11.0. The fraction of sp³-hybridized carbons (Fsp3) is 0. The van der Waals surface area contributed by atoms with Crippen LogP contribution in [0.1, 0.15) is 0 Å². The molecule has 0 N–H and O–H groups in total. The summed E-state index contributed by atoms with van der Waals surface area (Å²) < 4.78 is 13.7. The molecule has 0 unspecified atom stereocenters. The Hall–Kier alpha value is -7.04. The Labute approximate surface area is 298 Å². The highest BCUT2D eigenvalue weighted by atomic mass is 16.5. The molecular formula is C48H29N3O. The van der Waals surface area contributed by atoms with Gasteiger partial charge < -0.3 is 18.4 Å². The van der Waals surface area contributed by atoms with Gasteiger partial charge in [-0.25, -0.2) is 0 Å². The van der Waals surface area contributed by atoms with Gasteiger partial charge in [-0.15, -0.1) is 0 Å². The van der Waals surface area contributed by atoms with Crippen molar-refractivity contribution in [2.45, 2.75) is 0 Å². The molecule has 1 aliphatic rings. The van der Waals surface area contributed by atoms with E-state index >= 15 is 0 Å². The van der Waals surface area contributed by atoms with Crippen LogP contribution in [0.25, 0.3) is 93.6 Å². The minimum Gasteiger partial charge on any atom is -0.453 e. The third kappa shape index (κ3) is 3.65. The van der Waals surface area contributed by atoms with E-state index in [4.69, 9.17) is 4.74 Å². The maximum Gasteiger partial charge on any atom is 0.152 e. The molecule has 1 aliphatic heterocycles. The Morgan fingerprint density at radius 2 is 0.904 bits per heavy atom. The topological polar surface area (TPSA) is 24.0 Å². The number of aromatic nitrogens is 3. The minimum atomic E-state index is 0.875. The first-order chi connectivity index (χ1) is 25.8. The molecule has 12 rings (SSSR count). The second kappa shape index (κ2) is 10.3. The molecule has 0 amide bonds. The molecule has 4 heteroatoms. The first kappa shape index (κ1) is 27.7. The van der Waals surface area contributed by atoms with Gasteiger partial charge in [-0.3, -0.25) is 0 Å². The summed E-state index contributed by atoms with van der Waals surface area (Å²) in [4.78, 5) is 0. The highest BCUT2D eigenvalue weighted by Gasteiger charge is 2.26. The van der Waals surface area contributed by atoms with Gasteiger partial charge in [0, 0.05) is 43.7 Å². The van der Waals surface area contributed by atoms with E-state index < -0.39 is 0 Å². The van der Waals surface area contributed by atoms with Crippen molar-refractivity contribution in [2.75, 3.05) is 0 Å². The van der Waals surface area contributed by atoms with Crippen molar-refractivity contribution in [3.63, 3.8) is 0 Å². The molecule has 0 aliphatic carbocycles. The molecule has 52 heavy (non-hydrogen) atoms. The first-order valence-electron chi connectivity index (χ1n) is 17.8. The summed E-state index contributed by atoms with van der Waals surface area (Å²) in [5.41, 5.74) is 12.8. The van der Waals surface area contributed by atoms with Crippen molar-refractivity contribution in [1.82, 2.24) is 13.7 Å². The highest BCUT2D eigenvalue weighted by Crippen LogP contribution is 2.48. The predicted octanol–water partition coefficient (Wildman–Crippen LogP) is 12.8. The average Bonchev–Trinajstić information content (AvgIpc) is 3.85. The van der Waals surface area contributed by atoms with E-state index in [0.29, 0.717) is 0 Å². The summed E-state index contributed by atoms with van der Waals surface area (Å²) >= 11 is 0. The number of hydrogen-bond donors (Lipinski definition) is 0. The van der Waals surface area contributed by atoms with Crippen molar-refractivity contribution >= 4 is 65.4 Å². The molecule has 0 fully saturated rings. The Morgan fingerprint density at radius 3 is 1.62 bits per heavy atom. The number of nitrogens with zero attached hydrogens (tertiary/aromatic N) is 3. The van der Waals surface area contributed by atoms with Gasteiger partial charge in [0.05, 0.1) is 38.8 Å². The van der Waals surface area contributed by atoms with Gasteiger partial charge in [0.25, 0.3) is 0 Å². The summed E-state index contributed by atoms with van der Waals surface area (Å²) in [7, 11) is 0. The van der Waals surface area contributed by atoms with Crippen LogP contribution in [0.4, 0.5) is 0 Å². The van der Waals surface area contributed by atoms with Gasteiger partial charge in [0.15, 0.2) is 11.5 Å². The van der Waals surface area contributed by atoms with Crippen LogP contribution in [-0.2, 0) is 0 Å². The number of ether oxygens (including phenoxy) is 1. The van der Waals surface area contributed by atoms with Crippen molar-refractivity contribution < 1.29 is 4.74 Å². The largest absolute Gasteiger partial charge is 0.453 e. The van der Waals surface area contributed by atoms with Crippen LogP contribution >= 0.6 is 0 Å². The lowest BCUT2D eigenvalue weighted by molar-refractivity contribution is 0.476. The second-order valence-corrected chi connectivity index (χ2v) is 13.7. The van der Waals surface area contributed by atoms with Gasteiger partial charge in [-0.1, -0.05) is 97.1 Å². The lowest BCUT2D eigenvalue weighted by atomic mass is 9.98. The summed E-state index contributed by atoms with van der Waals surface area (Å²) in [5, 5.41) is 7.42. The summed E-state index contributed by atoms with van der Waals surface area (Å²) in [6.07, 6.45) is 0. The van der Waals surface area contributed by atoms with Gasteiger partial charge >= 0.3 is 0 Å². The fourth-order valence-corrected chi connectivity index (χ4v) is 8.88. The normalized spacial score (nSPS) is 12.4. The summed E-state index contributed by atoms with van der Waals surface area (Å²) in [6, 6.07) is 63.5. The Kier molecular flexibility index (Phi) is 5.47. The smallest absolute Gasteiger partial charge is 0.152 e. The van der Waals surface area contributed by atoms with Crippen LogP contribution in [0, 0.1) is 0 Å². The standard InChI is InChI=1S/C48H29N3O/c1-5-18-39-34(14-1)35-15-2-6-19-40(35)50(39)32-24-26-43-38(29-32)36-16-3-7-20-41(36)49(43)31-13-11-12-30(28-31)33-25-27-46-48-47(33)37-17-4-8-21-42(37)51(48)44-22-9-10-23-45(44)52-46/h1-29H. The molecule has 0 atom stereocenters. The fourth-order valence-electron chi connectivity index (χ4n) is 8.88. The molecule has 4 heterocycles. The van der Waals surface area contributed by atoms with Crippen LogP contribution in [0.5, 0.6) is 11.5 Å². The van der Waals surface area contributed by atoms with Gasteiger partial charge in [0.1, 0.15) is 0 Å². The zero-order chi connectivity index (χ0) is 33.9. The number of para-hydroxylation sites is 6. The van der Waals surface area contributed by atoms with E-state index in [1.54, 1.807) is 0 Å². The Morgan fingerprint density at radius 1 is 0.346 bits per heavy atom. The molecule has 11 aromatic rings. The van der Waals surface area contributed by atoms with Crippen molar-refractivity contribution in [3.05, 3.63) is 176 Å². The van der Waals surface area contributed by atoms with Crippen LogP contribution in [0.3, 0.4) is 0 Å². The van der Waals surface area contributed by atoms with E-state index in [9.17, 15) is 0 Å². The average molecular weight is 664 g/mol. The highest BCUT2D eigenvalue weighted by molar-refractivity contribution is 6.18. The van der Waals surface area contributed by atoms with Crippen LogP contribution in [0.15, 0.2) is 176 Å². The summed E-state index contributed by atoms with van der Waals surface area (Å²) in [5.74, 6) is 1.76. The molecule has 0 spiro atoms. The molecule has 4 nitrogen and oxygen atoms in total. The van der Waals surface area contributed by atoms with Crippen molar-refractivity contribution in [2.24, 2.45) is 0 Å². The molecule has 242 valence electrons. The van der Waals surface area contributed by atoms with Gasteiger partial charge in [-0.05, 0) is 90.0 Å². The Balaban J connectivity index is 1.08. The number of fused-ring (bicyclic) bond motifs is 11. The van der Waals surface area contributed by atoms with Crippen LogP contribution < -0.4 is 4.74 Å². The molecular weight excluding hydrogens is 635 g/mol. The number of benzene rings is 8. The number of rotatable bonds is 3. The molecule has 3 aromatic heterocycles. The molecule has 0 bridgehead atoms. The lowest BCUT2D eigenvalue weighted by Gasteiger charge is -2.21. The predicted molar refractivity (Wildman–Crippen MR) is 215 cm³/mol. The Bertz CT molecular complexity index is 3230. The SMILES string of the molecule is c1cc(-c2ccc3c4c2c2ccccc2n4-c2ccccc2O3)cc(-n2c3ccccc3c3cc(-n4c5ccccc5c5ccccc54)ccc32)c1. The maximum atomic E-state index is 6.51. The van der Waals surface area contributed by atoms with Crippen LogP contribution in [-0.4, -0.2) is 13.7 Å². The summed E-state index contributed by atoms with van der Waals surface area (Å²) in [6.45, 7) is 0. The van der Waals surface area contributed by atoms with Crippen molar-refractivity contribution in [3.8, 4) is 39.7 Å². The maximum absolute atomic E-state index is 6.51. The monoisotopic (exact) mass is 663 g/mol. The van der Waals surface area contributed by atoms with E-state index in [2.05, 4.69) is 177 Å². The second-order valence-electron chi connectivity index (χ2n) is 13.7. The van der Waals surface area contributed by atoms with E-state index in [1.165, 1.54) is 71.0 Å². The molecule has 0 saturated carbocycles. The molecule has 0 saturated heterocycles. The van der Waals surface area contributed by atoms with Gasteiger partial charge in [0.2, 0.25) is 0 Å². The zero-order valence-electron chi connectivity index (χ0n) is 28.0. The molecule has 0 radical (unpaired) electrons. The first-order valence-corrected chi connectivity index (χ1v) is 17.8. The quantitative estimate of drug-likeness (QED) is 0.185. The molecule has 8 aromatic carbocycles. The van der Waals surface area contributed by atoms with E-state index in [-0.39, 0.29) is 0 Å². The lowest BCUT2D eigenvalue weighted by Crippen LogP contribution is -2.03. The van der Waals surface area contributed by atoms with Crippen LogP contribution in [0.2, 0.25) is 0 Å². The minimum absolute atomic E-state index is 0.875. The van der Waals surface area contributed by atoms with Crippen molar-refractivity contribution in [1.29, 1.82) is 0 Å². The zero-order valence-corrected chi connectivity index (χ0v) is 28.0. The van der Waals surface area contributed by atoms with E-state index in [1.807, 2.05) is 12.1 Å². The number of hydrogen-bond acceptors (Lipinski definition) is 1.